The fraction of sp³-hybridized carbons (Fsp3) is 0.200. The van der Waals surface area contributed by atoms with E-state index in [2.05, 4.69) is 27.9 Å². The molecule has 0 radical (unpaired) electrons. The van der Waals surface area contributed by atoms with Crippen LogP contribution in [-0.4, -0.2) is 21.4 Å². The Morgan fingerprint density at radius 2 is 1.81 bits per heavy atom. The van der Waals surface area contributed by atoms with E-state index in [1.807, 2.05) is 60.1 Å². The van der Waals surface area contributed by atoms with Gasteiger partial charge in [-0.05, 0) is 48.8 Å². The first kappa shape index (κ1) is 18.4. The number of benzene rings is 2. The number of hydrogen-bond donors (Lipinski definition) is 2. The molecule has 134 valence electrons. The highest BCUT2D eigenvalue weighted by Gasteiger charge is 2.06. The van der Waals surface area contributed by atoms with Crippen molar-refractivity contribution < 1.29 is 0 Å². The van der Waals surface area contributed by atoms with Crippen LogP contribution in [0, 0.1) is 6.92 Å². The van der Waals surface area contributed by atoms with Crippen LogP contribution in [0.2, 0.25) is 5.02 Å². The van der Waals surface area contributed by atoms with Crippen LogP contribution in [0.25, 0.3) is 0 Å². The molecule has 0 saturated carbocycles. The van der Waals surface area contributed by atoms with Crippen molar-refractivity contribution in [3.05, 3.63) is 82.5 Å². The number of nitrogens with one attached hydrogen (secondary N) is 2. The Hall–Kier alpha value is -2.37. The summed E-state index contributed by atoms with van der Waals surface area (Å²) in [5.41, 5.74) is 3.50. The zero-order valence-corrected chi connectivity index (χ0v) is 16.1. The van der Waals surface area contributed by atoms with Crippen LogP contribution in [0.1, 0.15) is 16.8 Å². The first-order valence-corrected chi connectivity index (χ1v) is 9.26. The van der Waals surface area contributed by atoms with E-state index in [0.717, 1.165) is 35.1 Å². The Morgan fingerprint density at radius 3 is 2.54 bits per heavy atom. The van der Waals surface area contributed by atoms with E-state index >= 15 is 0 Å². The summed E-state index contributed by atoms with van der Waals surface area (Å²) in [7, 11) is 0. The Bertz CT molecular complexity index is 859. The third-order valence-corrected chi connectivity index (χ3v) is 4.51. The number of hydrogen-bond acceptors (Lipinski definition) is 2. The quantitative estimate of drug-likeness (QED) is 0.617. The topological polar surface area (TPSA) is 41.9 Å². The maximum Gasteiger partial charge on any atom is 0.172 e. The van der Waals surface area contributed by atoms with Crippen LogP contribution >= 0.6 is 23.8 Å². The van der Waals surface area contributed by atoms with Gasteiger partial charge in [0.1, 0.15) is 0 Å². The Labute approximate surface area is 164 Å². The molecular formula is C20H21ClN4S. The smallest absolute Gasteiger partial charge is 0.172 e. The predicted molar refractivity (Wildman–Crippen MR) is 112 cm³/mol. The highest BCUT2D eigenvalue weighted by Crippen LogP contribution is 2.14. The molecule has 3 aromatic rings. The van der Waals surface area contributed by atoms with Gasteiger partial charge in [-0.2, -0.15) is 5.10 Å². The normalized spacial score (nSPS) is 10.5. The lowest BCUT2D eigenvalue weighted by atomic mass is 10.1. The Morgan fingerprint density at radius 1 is 1.08 bits per heavy atom. The van der Waals surface area contributed by atoms with Crippen LogP contribution in [0.3, 0.4) is 0 Å². The third kappa shape index (κ3) is 5.31. The molecule has 0 fully saturated rings. The van der Waals surface area contributed by atoms with Gasteiger partial charge in [0.25, 0.3) is 0 Å². The van der Waals surface area contributed by atoms with Gasteiger partial charge in [-0.1, -0.05) is 54.1 Å². The molecule has 0 spiro atoms. The minimum atomic E-state index is 0.581. The molecule has 0 unspecified atom stereocenters. The molecule has 0 bridgehead atoms. The summed E-state index contributed by atoms with van der Waals surface area (Å²) in [6.45, 7) is 3.50. The van der Waals surface area contributed by atoms with Crippen molar-refractivity contribution in [2.24, 2.45) is 0 Å². The highest BCUT2D eigenvalue weighted by molar-refractivity contribution is 7.80. The highest BCUT2D eigenvalue weighted by atomic mass is 35.5. The lowest BCUT2D eigenvalue weighted by Gasteiger charge is -2.08. The third-order valence-electron chi connectivity index (χ3n) is 4.01. The monoisotopic (exact) mass is 384 g/mol. The fourth-order valence-corrected chi connectivity index (χ4v) is 2.95. The van der Waals surface area contributed by atoms with Crippen molar-refractivity contribution in [2.75, 3.05) is 11.9 Å². The summed E-state index contributed by atoms with van der Waals surface area (Å²) in [6, 6.07) is 20.1. The average Bonchev–Trinajstić information content (AvgIpc) is 2.97. The van der Waals surface area contributed by atoms with Crippen molar-refractivity contribution in [2.45, 2.75) is 19.9 Å². The Kier molecular flexibility index (Phi) is 6.26. The minimum Gasteiger partial charge on any atom is -0.362 e. The summed E-state index contributed by atoms with van der Waals surface area (Å²) in [5, 5.41) is 12.3. The van der Waals surface area contributed by atoms with Crippen LogP contribution < -0.4 is 10.6 Å². The summed E-state index contributed by atoms with van der Waals surface area (Å²) in [6.07, 6.45) is 0.923. The number of rotatable bonds is 6. The van der Waals surface area contributed by atoms with Crippen molar-refractivity contribution in [1.82, 2.24) is 15.1 Å². The summed E-state index contributed by atoms with van der Waals surface area (Å²) in [5.74, 6) is 0.744. The van der Waals surface area contributed by atoms with E-state index in [9.17, 15) is 0 Å². The molecule has 0 atom stereocenters. The first-order chi connectivity index (χ1) is 12.6. The molecule has 0 aliphatic heterocycles. The summed E-state index contributed by atoms with van der Waals surface area (Å²) < 4.78 is 1.94. The number of thiocarbonyl (C=S) groups is 1. The molecule has 26 heavy (non-hydrogen) atoms. The number of anilines is 1. The van der Waals surface area contributed by atoms with E-state index in [0.29, 0.717) is 11.7 Å². The van der Waals surface area contributed by atoms with Crippen LogP contribution in [0.5, 0.6) is 0 Å². The molecule has 0 saturated heterocycles. The van der Waals surface area contributed by atoms with Gasteiger partial charge < -0.3 is 10.6 Å². The number of halogens is 1. The number of nitrogens with zero attached hydrogens (tertiary/aromatic N) is 2. The standard InChI is InChI=1S/C20H21ClN4S/c1-15-13-19(24-25(15)14-17-7-9-18(21)10-8-17)23-20(26)22-12-11-16-5-3-2-4-6-16/h2-10,13H,11-12,14H2,1H3,(H2,22,23,24,26). The van der Waals surface area contributed by atoms with Gasteiger partial charge in [0.05, 0.1) is 6.54 Å². The molecule has 1 heterocycles. The average molecular weight is 385 g/mol. The second kappa shape index (κ2) is 8.83. The van der Waals surface area contributed by atoms with Crippen molar-refractivity contribution in [3.63, 3.8) is 0 Å². The maximum absolute atomic E-state index is 5.93. The second-order valence-electron chi connectivity index (χ2n) is 6.07. The zero-order chi connectivity index (χ0) is 18.4. The van der Waals surface area contributed by atoms with E-state index < -0.39 is 0 Å². The van der Waals surface area contributed by atoms with Gasteiger partial charge in [-0.15, -0.1) is 0 Å². The molecule has 6 heteroatoms. The van der Waals surface area contributed by atoms with Crippen LogP contribution in [-0.2, 0) is 13.0 Å². The van der Waals surface area contributed by atoms with Gasteiger partial charge in [0.2, 0.25) is 0 Å². The molecular weight excluding hydrogens is 364 g/mol. The number of aromatic nitrogens is 2. The van der Waals surface area contributed by atoms with E-state index in [1.165, 1.54) is 5.56 Å². The first-order valence-electron chi connectivity index (χ1n) is 8.48. The maximum atomic E-state index is 5.93. The van der Waals surface area contributed by atoms with Crippen LogP contribution in [0.4, 0.5) is 5.82 Å². The van der Waals surface area contributed by atoms with Gasteiger partial charge in [0.15, 0.2) is 10.9 Å². The van der Waals surface area contributed by atoms with Gasteiger partial charge >= 0.3 is 0 Å². The zero-order valence-electron chi connectivity index (χ0n) is 14.6. The molecule has 0 aliphatic rings. The Balaban J connectivity index is 1.51. The molecule has 1 aromatic heterocycles. The van der Waals surface area contributed by atoms with E-state index in [4.69, 9.17) is 23.8 Å². The molecule has 2 N–H and O–H groups in total. The minimum absolute atomic E-state index is 0.581. The van der Waals surface area contributed by atoms with Gasteiger partial charge in [0, 0.05) is 23.3 Å². The lowest BCUT2D eigenvalue weighted by Crippen LogP contribution is -2.30. The van der Waals surface area contributed by atoms with Gasteiger partial charge in [-0.25, -0.2) is 0 Å². The SMILES string of the molecule is Cc1cc(NC(=S)NCCc2ccccc2)nn1Cc1ccc(Cl)cc1. The van der Waals surface area contributed by atoms with E-state index in [1.54, 1.807) is 0 Å². The second-order valence-corrected chi connectivity index (χ2v) is 6.92. The van der Waals surface area contributed by atoms with Crippen molar-refractivity contribution in [3.8, 4) is 0 Å². The van der Waals surface area contributed by atoms with Gasteiger partial charge in [-0.3, -0.25) is 4.68 Å². The fourth-order valence-electron chi connectivity index (χ4n) is 2.62. The predicted octanol–water partition coefficient (Wildman–Crippen LogP) is 4.42. The number of aryl methyl sites for hydroxylation is 1. The molecule has 0 aliphatic carbocycles. The largest absolute Gasteiger partial charge is 0.362 e. The van der Waals surface area contributed by atoms with E-state index in [-0.39, 0.29) is 0 Å². The molecule has 4 nitrogen and oxygen atoms in total. The van der Waals surface area contributed by atoms with Crippen LogP contribution in [0.15, 0.2) is 60.7 Å². The molecule has 3 rings (SSSR count). The van der Waals surface area contributed by atoms with Crippen molar-refractivity contribution in [1.29, 1.82) is 0 Å². The lowest BCUT2D eigenvalue weighted by molar-refractivity contribution is 0.668. The summed E-state index contributed by atoms with van der Waals surface area (Å²) in [4.78, 5) is 0. The molecule has 0 amide bonds. The van der Waals surface area contributed by atoms with Crippen molar-refractivity contribution >= 4 is 34.7 Å². The summed E-state index contributed by atoms with van der Waals surface area (Å²) >= 11 is 11.3. The molecule has 2 aromatic carbocycles.